The second kappa shape index (κ2) is 8.08. The summed E-state index contributed by atoms with van der Waals surface area (Å²) in [4.78, 5) is 0. The summed E-state index contributed by atoms with van der Waals surface area (Å²) in [5, 5.41) is 0.121. The Bertz CT molecular complexity index is 2640. The molecular weight excluding hydrogens is 488 g/mol. The largest absolute Gasteiger partial charge is 0.0636 e. The van der Waals surface area contributed by atoms with Gasteiger partial charge >= 0.3 is 0 Å². The molecule has 0 saturated heterocycles. The van der Waals surface area contributed by atoms with E-state index in [2.05, 4.69) is 15.9 Å². The van der Waals surface area contributed by atoms with Crippen LogP contribution in [0.4, 0.5) is 0 Å². The molecule has 0 bridgehead atoms. The summed E-state index contributed by atoms with van der Waals surface area (Å²) in [5.41, 5.74) is -0.0166. The van der Waals surface area contributed by atoms with Gasteiger partial charge in [0, 0.05) is 4.47 Å². The number of fused-ring (bicyclic) bond motifs is 4. The lowest BCUT2D eigenvalue weighted by Crippen LogP contribution is -1.92. The molecule has 0 radical (unpaired) electrons. The molecule has 0 nitrogen and oxygen atoms in total. The normalized spacial score (nSPS) is 17.6. The maximum absolute atomic E-state index is 9.32. The van der Waals surface area contributed by atoms with E-state index in [1.807, 2.05) is 0 Å². The minimum atomic E-state index is -0.630. The van der Waals surface area contributed by atoms with Crippen molar-refractivity contribution in [2.24, 2.45) is 0 Å². The zero-order valence-electron chi connectivity index (χ0n) is 32.8. The third-order valence-corrected chi connectivity index (χ3v) is 6.81. The van der Waals surface area contributed by atoms with Gasteiger partial charge in [-0.3, -0.25) is 0 Å². The molecular formula is C34H21Br. The first kappa shape index (κ1) is 10.4. The molecule has 1 heteroatoms. The third kappa shape index (κ3) is 3.20. The highest BCUT2D eigenvalue weighted by Gasteiger charge is 2.19. The Balaban J connectivity index is 1.86. The molecule has 0 spiro atoms. The molecule has 7 aromatic rings. The Labute approximate surface area is 233 Å². The Morgan fingerprint density at radius 2 is 1.11 bits per heavy atom. The Morgan fingerprint density at radius 1 is 0.486 bits per heavy atom. The molecule has 0 aliphatic carbocycles. The molecule has 164 valence electrons. The van der Waals surface area contributed by atoms with Gasteiger partial charge in [-0.05, 0) is 87.3 Å². The fraction of sp³-hybridized carbons (Fsp3) is 0. The SMILES string of the molecule is [2H]c1c([2H])c([2H])c2c([2H])c(-c3ccc4ccccc4c3-c3c4c([2H])c([2H])c([2H])c([2H])c4c(Br)c4c([2H])c([2H])c([2H])c([2H])c34)c([2H])c([2H])c2c1[2H]. The summed E-state index contributed by atoms with van der Waals surface area (Å²) in [5.74, 6) is 0. The van der Waals surface area contributed by atoms with Gasteiger partial charge in [0.2, 0.25) is 0 Å². The number of rotatable bonds is 2. The monoisotopic (exact) mass is 523 g/mol. The van der Waals surface area contributed by atoms with Crippen molar-refractivity contribution in [3.8, 4) is 22.3 Å². The maximum atomic E-state index is 9.32. The average molecular weight is 525 g/mol. The molecule has 0 amide bonds. The topological polar surface area (TPSA) is 0 Å². The molecule has 7 aromatic carbocycles. The first-order chi connectivity index (χ1) is 23.5. The number of benzene rings is 7. The van der Waals surface area contributed by atoms with Crippen LogP contribution in [0.25, 0.3) is 65.3 Å². The quantitative estimate of drug-likeness (QED) is 0.197. The number of hydrogen-bond acceptors (Lipinski definition) is 0. The molecule has 0 aliphatic heterocycles. The van der Waals surface area contributed by atoms with Gasteiger partial charge in [-0.2, -0.15) is 0 Å². The van der Waals surface area contributed by atoms with E-state index < -0.39 is 90.6 Å². The molecule has 0 saturated carbocycles. The molecule has 35 heavy (non-hydrogen) atoms. The fourth-order valence-corrected chi connectivity index (χ4v) is 5.09. The van der Waals surface area contributed by atoms with Gasteiger partial charge in [-0.25, -0.2) is 0 Å². The molecule has 0 heterocycles. The summed E-state index contributed by atoms with van der Waals surface area (Å²) >= 11 is 3.42. The highest BCUT2D eigenvalue weighted by Crippen LogP contribution is 2.47. The van der Waals surface area contributed by atoms with Crippen LogP contribution in [0.5, 0.6) is 0 Å². The molecule has 0 atom stereocenters. The van der Waals surface area contributed by atoms with Gasteiger partial charge in [-0.15, -0.1) is 0 Å². The predicted molar refractivity (Wildman–Crippen MR) is 155 cm³/mol. The molecule has 0 unspecified atom stereocenters. The van der Waals surface area contributed by atoms with Crippen LogP contribution in [0.2, 0.25) is 0 Å². The smallest absolute Gasteiger partial charge is 0.0616 e. The van der Waals surface area contributed by atoms with E-state index in [9.17, 15) is 1.37 Å². The van der Waals surface area contributed by atoms with Crippen molar-refractivity contribution in [1.82, 2.24) is 0 Å². The standard InChI is InChI=1S/C34H21Br/c35-34-30-15-7-5-13-28(30)33(29-14-6-8-16-31(29)34)32-26-12-4-3-10-23(26)19-20-27(32)25-18-17-22-9-1-2-11-24(22)21-25/h1-21H/i1D,2D,5D,6D,7D,8D,9D,11D,13D,14D,15D,16D,17D,18D,21D. The van der Waals surface area contributed by atoms with Gasteiger partial charge in [0.15, 0.2) is 0 Å². The van der Waals surface area contributed by atoms with Crippen LogP contribution in [0.15, 0.2) is 132 Å². The molecule has 0 aliphatic rings. The van der Waals surface area contributed by atoms with E-state index >= 15 is 0 Å². The first-order valence-corrected chi connectivity index (χ1v) is 11.5. The molecule has 0 aromatic heterocycles. The first-order valence-electron chi connectivity index (χ1n) is 18.2. The van der Waals surface area contributed by atoms with Crippen LogP contribution in [-0.2, 0) is 0 Å². The van der Waals surface area contributed by atoms with Gasteiger partial charge in [0.05, 0.1) is 20.6 Å². The van der Waals surface area contributed by atoms with Crippen molar-refractivity contribution in [3.63, 3.8) is 0 Å². The summed E-state index contributed by atoms with van der Waals surface area (Å²) in [6.07, 6.45) is 0. The van der Waals surface area contributed by atoms with E-state index in [0.717, 1.165) is 0 Å². The predicted octanol–water partition coefficient (Wildman–Crippen LogP) is 10.4. The summed E-state index contributed by atoms with van der Waals surface area (Å²) in [6.45, 7) is 0. The van der Waals surface area contributed by atoms with Crippen LogP contribution < -0.4 is 0 Å². The second-order valence-corrected chi connectivity index (χ2v) is 8.69. The highest BCUT2D eigenvalue weighted by molar-refractivity contribution is 9.10. The van der Waals surface area contributed by atoms with Crippen molar-refractivity contribution in [1.29, 1.82) is 0 Å². The van der Waals surface area contributed by atoms with Gasteiger partial charge in [0.25, 0.3) is 0 Å². The number of hydrogen-bond donors (Lipinski definition) is 0. The van der Waals surface area contributed by atoms with Crippen LogP contribution >= 0.6 is 15.9 Å². The van der Waals surface area contributed by atoms with Crippen molar-refractivity contribution in [2.75, 3.05) is 0 Å². The maximum Gasteiger partial charge on any atom is 0.0636 e. The highest BCUT2D eigenvalue weighted by atomic mass is 79.9. The Morgan fingerprint density at radius 3 is 1.86 bits per heavy atom. The zero-order valence-corrected chi connectivity index (χ0v) is 19.4. The van der Waals surface area contributed by atoms with E-state index in [4.69, 9.17) is 19.2 Å². The van der Waals surface area contributed by atoms with Gasteiger partial charge in [0.1, 0.15) is 0 Å². The lowest BCUT2D eigenvalue weighted by molar-refractivity contribution is 1.65. The Kier molecular flexibility index (Phi) is 2.39. The van der Waals surface area contributed by atoms with E-state index in [1.165, 1.54) is 6.07 Å². The summed E-state index contributed by atoms with van der Waals surface area (Å²) in [6, 6.07) is 1.81. The van der Waals surface area contributed by atoms with E-state index in [1.54, 1.807) is 30.3 Å². The van der Waals surface area contributed by atoms with Crippen molar-refractivity contribution in [3.05, 3.63) is 132 Å². The minimum Gasteiger partial charge on any atom is -0.0616 e. The average Bonchev–Trinajstić information content (AvgIpc) is 3.10. The molecule has 0 N–H and O–H groups in total. The zero-order chi connectivity index (χ0) is 36.4. The van der Waals surface area contributed by atoms with Gasteiger partial charge in [-0.1, -0.05) is 121 Å². The molecule has 0 fully saturated rings. The lowest BCUT2D eigenvalue weighted by Gasteiger charge is -2.20. The number of halogens is 1. The summed E-state index contributed by atoms with van der Waals surface area (Å²) < 4.78 is 131. The summed E-state index contributed by atoms with van der Waals surface area (Å²) in [7, 11) is 0. The van der Waals surface area contributed by atoms with Crippen molar-refractivity contribution < 1.29 is 20.6 Å². The van der Waals surface area contributed by atoms with Crippen LogP contribution in [0, 0.1) is 0 Å². The second-order valence-electron chi connectivity index (χ2n) is 7.90. The van der Waals surface area contributed by atoms with Crippen LogP contribution in [-0.4, -0.2) is 0 Å². The molecule has 7 rings (SSSR count). The fourth-order valence-electron chi connectivity index (χ4n) is 4.49. The van der Waals surface area contributed by atoms with E-state index in [-0.39, 0.29) is 59.0 Å². The van der Waals surface area contributed by atoms with Gasteiger partial charge < -0.3 is 0 Å². The lowest BCUT2D eigenvalue weighted by atomic mass is 9.84. The minimum absolute atomic E-state index is 0.0181. The Hall–Kier alpha value is -3.94. The van der Waals surface area contributed by atoms with Crippen molar-refractivity contribution >= 4 is 59.0 Å². The van der Waals surface area contributed by atoms with Crippen molar-refractivity contribution in [2.45, 2.75) is 0 Å². The van der Waals surface area contributed by atoms with Crippen LogP contribution in [0.1, 0.15) is 20.6 Å². The third-order valence-electron chi connectivity index (χ3n) is 6.01. The van der Waals surface area contributed by atoms with Crippen LogP contribution in [0.3, 0.4) is 0 Å². The van der Waals surface area contributed by atoms with E-state index in [0.29, 0.717) is 10.8 Å².